The Morgan fingerprint density at radius 3 is 1.90 bits per heavy atom. The molecule has 0 atom stereocenters. The van der Waals surface area contributed by atoms with Crippen molar-refractivity contribution in [2.45, 2.75) is 0 Å². The molecule has 0 aliphatic rings. The summed E-state index contributed by atoms with van der Waals surface area (Å²) in [6.07, 6.45) is 1.60. The average molecular weight is 204 g/mol. The quantitative estimate of drug-likeness (QED) is 0.685. The Bertz CT molecular complexity index is 183. The summed E-state index contributed by atoms with van der Waals surface area (Å²) in [5.41, 5.74) is -0.0532. The van der Waals surface area contributed by atoms with Gasteiger partial charge in [-0.2, -0.15) is 0 Å². The first-order valence-electron chi connectivity index (χ1n) is 2.03. The van der Waals surface area contributed by atoms with Crippen LogP contribution in [0.4, 0.5) is 0 Å². The van der Waals surface area contributed by atoms with E-state index in [1.165, 1.54) is 6.07 Å². The lowest BCUT2D eigenvalue weighted by Crippen LogP contribution is -1.98. The first kappa shape index (κ1) is 16.4. The molecule has 5 heteroatoms. The Labute approximate surface area is 77.3 Å². The summed E-state index contributed by atoms with van der Waals surface area (Å²) in [6, 6.07) is 4.93. The van der Waals surface area contributed by atoms with Crippen LogP contribution in [0.1, 0.15) is 0 Å². The van der Waals surface area contributed by atoms with Crippen LogP contribution in [-0.2, 0) is 0 Å². The lowest BCUT2D eigenvalue weighted by molar-refractivity contribution is 1.24. The number of aromatic amines is 1. The lowest BCUT2D eigenvalue weighted by Gasteiger charge is -1.73. The molecule has 0 bridgehead atoms. The van der Waals surface area contributed by atoms with Gasteiger partial charge in [0, 0.05) is 12.3 Å². The largest absolute Gasteiger partial charge is 0.329 e. The molecule has 10 heavy (non-hydrogen) atoms. The second-order valence-corrected chi connectivity index (χ2v) is 1.23. The van der Waals surface area contributed by atoms with Crippen LogP contribution in [0, 0.1) is 0 Å². The minimum atomic E-state index is -0.0532. The lowest BCUT2D eigenvalue weighted by atomic mass is 10.5. The molecule has 0 aromatic carbocycles. The predicted octanol–water partition coefficient (Wildman–Crippen LogP) is 1.64. The van der Waals surface area contributed by atoms with E-state index >= 15 is 0 Å². The standard InChI is InChI=1S/C5H5NO.3ClH/c7-5-3-1-2-4-6-5;;;/h1-4H,(H,6,7);3*1H. The Hall–Kier alpha value is -0.180. The fourth-order valence-electron chi connectivity index (χ4n) is 0.377. The van der Waals surface area contributed by atoms with Crippen molar-refractivity contribution in [1.82, 2.24) is 4.98 Å². The Morgan fingerprint density at radius 1 is 1.10 bits per heavy atom. The molecular formula is C5H8Cl3NO. The zero-order valence-corrected chi connectivity index (χ0v) is 7.39. The van der Waals surface area contributed by atoms with Crippen molar-refractivity contribution in [3.05, 3.63) is 34.7 Å². The van der Waals surface area contributed by atoms with Gasteiger partial charge in [0.25, 0.3) is 0 Å². The van der Waals surface area contributed by atoms with Crippen molar-refractivity contribution in [2.24, 2.45) is 0 Å². The number of rotatable bonds is 0. The van der Waals surface area contributed by atoms with E-state index in [-0.39, 0.29) is 42.8 Å². The van der Waals surface area contributed by atoms with Crippen LogP contribution in [0.25, 0.3) is 0 Å². The van der Waals surface area contributed by atoms with Gasteiger partial charge in [-0.25, -0.2) is 0 Å². The topological polar surface area (TPSA) is 32.9 Å². The molecule has 1 N–H and O–H groups in total. The summed E-state index contributed by atoms with van der Waals surface area (Å²) in [5, 5.41) is 0. The van der Waals surface area contributed by atoms with Crippen molar-refractivity contribution < 1.29 is 0 Å². The third-order valence-corrected chi connectivity index (χ3v) is 0.681. The van der Waals surface area contributed by atoms with Crippen LogP contribution >= 0.6 is 37.2 Å². The van der Waals surface area contributed by atoms with Gasteiger partial charge >= 0.3 is 0 Å². The number of hydrogen-bond acceptors (Lipinski definition) is 1. The minimum Gasteiger partial charge on any atom is -0.329 e. The van der Waals surface area contributed by atoms with E-state index in [0.717, 1.165) is 0 Å². The van der Waals surface area contributed by atoms with Gasteiger partial charge in [0.1, 0.15) is 0 Å². The van der Waals surface area contributed by atoms with Gasteiger partial charge in [0.2, 0.25) is 5.56 Å². The van der Waals surface area contributed by atoms with Crippen LogP contribution in [-0.4, -0.2) is 4.98 Å². The summed E-state index contributed by atoms with van der Waals surface area (Å²) in [4.78, 5) is 12.7. The Morgan fingerprint density at radius 2 is 1.70 bits per heavy atom. The fourth-order valence-corrected chi connectivity index (χ4v) is 0.377. The number of halogens is 3. The van der Waals surface area contributed by atoms with Crippen LogP contribution in [0.5, 0.6) is 0 Å². The summed E-state index contributed by atoms with van der Waals surface area (Å²) in [7, 11) is 0. The maximum atomic E-state index is 10.2. The van der Waals surface area contributed by atoms with Crippen molar-refractivity contribution in [3.63, 3.8) is 0 Å². The fraction of sp³-hybridized carbons (Fsp3) is 0. The van der Waals surface area contributed by atoms with Crippen LogP contribution in [0.2, 0.25) is 0 Å². The zero-order valence-electron chi connectivity index (χ0n) is 4.94. The number of hydrogen-bond donors (Lipinski definition) is 1. The zero-order chi connectivity index (χ0) is 5.11. The molecule has 0 aliphatic carbocycles. The van der Waals surface area contributed by atoms with Gasteiger partial charge in [-0.3, -0.25) is 4.79 Å². The molecule has 0 amide bonds. The third-order valence-electron chi connectivity index (χ3n) is 0.681. The first-order chi connectivity index (χ1) is 3.39. The van der Waals surface area contributed by atoms with Crippen molar-refractivity contribution in [3.8, 4) is 0 Å². The molecule has 0 radical (unpaired) electrons. The van der Waals surface area contributed by atoms with Crippen LogP contribution in [0.15, 0.2) is 29.2 Å². The van der Waals surface area contributed by atoms with E-state index < -0.39 is 0 Å². The normalized spacial score (nSPS) is 6.00. The van der Waals surface area contributed by atoms with Gasteiger partial charge in [0.05, 0.1) is 0 Å². The van der Waals surface area contributed by atoms with Gasteiger partial charge < -0.3 is 4.98 Å². The molecule has 1 aromatic rings. The molecule has 0 saturated heterocycles. The second-order valence-electron chi connectivity index (χ2n) is 1.23. The molecule has 2 nitrogen and oxygen atoms in total. The number of pyridine rings is 1. The molecule has 0 unspecified atom stereocenters. The van der Waals surface area contributed by atoms with E-state index in [2.05, 4.69) is 4.98 Å². The number of aromatic nitrogens is 1. The molecule has 0 saturated carbocycles. The van der Waals surface area contributed by atoms with Gasteiger partial charge in [-0.05, 0) is 6.07 Å². The third kappa shape index (κ3) is 5.95. The molecule has 1 heterocycles. The first-order valence-corrected chi connectivity index (χ1v) is 2.03. The van der Waals surface area contributed by atoms with E-state index in [4.69, 9.17) is 0 Å². The maximum Gasteiger partial charge on any atom is 0.247 e. The van der Waals surface area contributed by atoms with Crippen LogP contribution < -0.4 is 5.56 Å². The summed E-state index contributed by atoms with van der Waals surface area (Å²) < 4.78 is 0. The average Bonchev–Trinajstić information content (AvgIpc) is 1.69. The van der Waals surface area contributed by atoms with E-state index in [9.17, 15) is 4.79 Å². The predicted molar refractivity (Wildman–Crippen MR) is 48.8 cm³/mol. The van der Waals surface area contributed by atoms with Gasteiger partial charge in [-0.1, -0.05) is 6.07 Å². The highest BCUT2D eigenvalue weighted by Crippen LogP contribution is 1.67. The Kier molecular flexibility index (Phi) is 14.5. The highest BCUT2D eigenvalue weighted by atomic mass is 35.5. The Balaban J connectivity index is -0.000000163. The summed E-state index contributed by atoms with van der Waals surface area (Å²) in [6.45, 7) is 0. The van der Waals surface area contributed by atoms with Gasteiger partial charge in [0.15, 0.2) is 0 Å². The molecule has 1 aromatic heterocycles. The van der Waals surface area contributed by atoms with Crippen LogP contribution in [0.3, 0.4) is 0 Å². The smallest absolute Gasteiger partial charge is 0.247 e. The van der Waals surface area contributed by atoms with Gasteiger partial charge in [-0.15, -0.1) is 37.2 Å². The molecular weight excluding hydrogens is 196 g/mol. The molecule has 0 fully saturated rings. The number of nitrogens with one attached hydrogen (secondary N) is 1. The van der Waals surface area contributed by atoms with Crippen molar-refractivity contribution in [2.75, 3.05) is 0 Å². The SMILES string of the molecule is Cl.Cl.Cl.O=c1cccc[nH]1. The highest BCUT2D eigenvalue weighted by Gasteiger charge is 1.69. The molecule has 0 spiro atoms. The van der Waals surface area contributed by atoms with E-state index in [1.54, 1.807) is 18.3 Å². The second kappa shape index (κ2) is 8.82. The monoisotopic (exact) mass is 203 g/mol. The van der Waals surface area contributed by atoms with Crippen molar-refractivity contribution in [1.29, 1.82) is 0 Å². The minimum absolute atomic E-state index is 0. The van der Waals surface area contributed by atoms with E-state index in [0.29, 0.717) is 0 Å². The van der Waals surface area contributed by atoms with E-state index in [1.807, 2.05) is 0 Å². The summed E-state index contributed by atoms with van der Waals surface area (Å²) in [5.74, 6) is 0. The molecule has 60 valence electrons. The molecule has 1 rings (SSSR count). The van der Waals surface area contributed by atoms with Crippen molar-refractivity contribution >= 4 is 37.2 Å². The summed E-state index contributed by atoms with van der Waals surface area (Å²) >= 11 is 0. The molecule has 0 aliphatic heterocycles. The number of H-pyrrole nitrogens is 1. The maximum absolute atomic E-state index is 10.2. The highest BCUT2D eigenvalue weighted by molar-refractivity contribution is 5.86.